The van der Waals surface area contributed by atoms with E-state index in [1.54, 1.807) is 0 Å². The van der Waals surface area contributed by atoms with E-state index in [1.807, 2.05) is 11.0 Å². The monoisotopic (exact) mass is 434 g/mol. The highest BCUT2D eigenvalue weighted by atomic mass is 79.9. The second kappa shape index (κ2) is 7.11. The lowest BCUT2D eigenvalue weighted by Crippen LogP contribution is -2.41. The number of likely N-dealkylation sites (tertiary alicyclic amines) is 2. The molecule has 0 saturated carbocycles. The molecule has 2 fully saturated rings. The third-order valence-electron chi connectivity index (χ3n) is 4.47. The summed E-state index contributed by atoms with van der Waals surface area (Å²) in [5.74, 6) is 0.958. The lowest BCUT2D eigenvalue weighted by atomic mass is 9.96. The van der Waals surface area contributed by atoms with Crippen molar-refractivity contribution >= 4 is 49.1 Å². The van der Waals surface area contributed by atoms with Gasteiger partial charge in [0.25, 0.3) is 5.91 Å². The Labute approximate surface area is 146 Å². The summed E-state index contributed by atoms with van der Waals surface area (Å²) in [6, 6.07) is 1.92. The Balaban J connectivity index is 1.51. The number of rotatable bonds is 3. The summed E-state index contributed by atoms with van der Waals surface area (Å²) in [5.41, 5.74) is 0. The molecule has 1 aromatic rings. The number of halogens is 2. The van der Waals surface area contributed by atoms with Gasteiger partial charge in [-0.15, -0.1) is 11.3 Å². The number of thiophene rings is 1. The van der Waals surface area contributed by atoms with Crippen LogP contribution in [0.2, 0.25) is 0 Å². The Bertz CT molecular complexity index is 486. The Morgan fingerprint density at radius 2 is 1.86 bits per heavy atom. The first-order chi connectivity index (χ1) is 10.1. The molecule has 3 rings (SSSR count). The highest BCUT2D eigenvalue weighted by molar-refractivity contribution is 9.13. The van der Waals surface area contributed by atoms with Crippen molar-refractivity contribution in [2.45, 2.75) is 25.7 Å². The van der Waals surface area contributed by atoms with Crippen molar-refractivity contribution < 1.29 is 4.79 Å². The molecule has 0 aromatic carbocycles. The Morgan fingerprint density at radius 3 is 2.43 bits per heavy atom. The molecule has 2 aliphatic rings. The fourth-order valence-electron chi connectivity index (χ4n) is 3.26. The lowest BCUT2D eigenvalue weighted by molar-refractivity contribution is 0.0678. The molecule has 0 aliphatic carbocycles. The lowest BCUT2D eigenvalue weighted by Gasteiger charge is -2.33. The molecule has 0 N–H and O–H groups in total. The van der Waals surface area contributed by atoms with Crippen LogP contribution in [0.25, 0.3) is 0 Å². The molecule has 1 amide bonds. The van der Waals surface area contributed by atoms with E-state index in [4.69, 9.17) is 0 Å². The number of hydrogen-bond acceptors (Lipinski definition) is 3. The molecule has 0 bridgehead atoms. The third-order valence-corrected chi connectivity index (χ3v) is 7.72. The van der Waals surface area contributed by atoms with Crippen molar-refractivity contribution in [3.63, 3.8) is 0 Å². The Hall–Kier alpha value is 0.0900. The zero-order chi connectivity index (χ0) is 14.8. The SMILES string of the molecule is O=C(c1cc(Br)c(Br)s1)N1CCC(CN2CCCC2)CC1. The van der Waals surface area contributed by atoms with Crippen LogP contribution in [0.3, 0.4) is 0 Å². The van der Waals surface area contributed by atoms with Crippen molar-refractivity contribution in [1.82, 2.24) is 9.80 Å². The number of nitrogens with zero attached hydrogens (tertiary/aromatic N) is 2. The number of hydrogen-bond donors (Lipinski definition) is 0. The van der Waals surface area contributed by atoms with E-state index in [9.17, 15) is 4.79 Å². The van der Waals surface area contributed by atoms with Gasteiger partial charge in [-0.3, -0.25) is 4.79 Å². The second-order valence-corrected chi connectivity index (χ2v) is 9.20. The first kappa shape index (κ1) is 16.0. The number of carbonyl (C=O) groups excluding carboxylic acids is 1. The first-order valence-corrected chi connectivity index (χ1v) is 10.00. The molecule has 3 nitrogen and oxygen atoms in total. The van der Waals surface area contributed by atoms with E-state index in [2.05, 4.69) is 36.8 Å². The van der Waals surface area contributed by atoms with Crippen molar-refractivity contribution in [3.8, 4) is 0 Å². The van der Waals surface area contributed by atoms with E-state index in [0.717, 1.165) is 45.0 Å². The van der Waals surface area contributed by atoms with Crippen molar-refractivity contribution in [2.24, 2.45) is 5.92 Å². The average Bonchev–Trinajstić information content (AvgIpc) is 3.10. The standard InChI is InChI=1S/C15H20Br2N2OS/c16-12-9-13(21-14(12)17)15(20)19-7-3-11(4-8-19)10-18-5-1-2-6-18/h9,11H,1-8,10H2. The molecule has 1 aromatic heterocycles. The molecule has 0 spiro atoms. The van der Waals surface area contributed by atoms with Gasteiger partial charge in [-0.1, -0.05) is 0 Å². The van der Waals surface area contributed by atoms with Gasteiger partial charge in [0.1, 0.15) is 0 Å². The zero-order valence-electron chi connectivity index (χ0n) is 12.0. The van der Waals surface area contributed by atoms with E-state index in [-0.39, 0.29) is 5.91 Å². The number of amides is 1. The van der Waals surface area contributed by atoms with Crippen LogP contribution >= 0.6 is 43.2 Å². The second-order valence-electron chi connectivity index (χ2n) is 5.98. The highest BCUT2D eigenvalue weighted by Crippen LogP contribution is 2.33. The van der Waals surface area contributed by atoms with E-state index in [0.29, 0.717) is 0 Å². The zero-order valence-corrected chi connectivity index (χ0v) is 16.0. The smallest absolute Gasteiger partial charge is 0.264 e. The normalized spacial score (nSPS) is 21.1. The van der Waals surface area contributed by atoms with Crippen LogP contribution in [0.5, 0.6) is 0 Å². The summed E-state index contributed by atoms with van der Waals surface area (Å²) in [4.78, 5) is 17.9. The summed E-state index contributed by atoms with van der Waals surface area (Å²) in [5, 5.41) is 0. The summed E-state index contributed by atoms with van der Waals surface area (Å²) < 4.78 is 1.97. The minimum Gasteiger partial charge on any atom is -0.338 e. The summed E-state index contributed by atoms with van der Waals surface area (Å²) in [6.07, 6.45) is 5.02. The first-order valence-electron chi connectivity index (χ1n) is 7.60. The van der Waals surface area contributed by atoms with Crippen LogP contribution in [0.4, 0.5) is 0 Å². The van der Waals surface area contributed by atoms with E-state index < -0.39 is 0 Å². The third kappa shape index (κ3) is 3.89. The largest absolute Gasteiger partial charge is 0.338 e. The maximum atomic E-state index is 12.5. The summed E-state index contributed by atoms with van der Waals surface area (Å²) in [7, 11) is 0. The molecule has 2 aliphatic heterocycles. The molecule has 0 radical (unpaired) electrons. The Kier molecular flexibility index (Phi) is 5.41. The van der Waals surface area contributed by atoms with E-state index in [1.165, 1.54) is 43.8 Å². The molecular weight excluding hydrogens is 416 g/mol. The van der Waals surface area contributed by atoms with Gasteiger partial charge in [0.15, 0.2) is 0 Å². The predicted molar refractivity (Wildman–Crippen MR) is 94.0 cm³/mol. The van der Waals surface area contributed by atoms with Gasteiger partial charge in [0, 0.05) is 24.1 Å². The van der Waals surface area contributed by atoms with E-state index >= 15 is 0 Å². The topological polar surface area (TPSA) is 23.6 Å². The highest BCUT2D eigenvalue weighted by Gasteiger charge is 2.26. The van der Waals surface area contributed by atoms with Crippen LogP contribution in [-0.4, -0.2) is 48.4 Å². The van der Waals surface area contributed by atoms with Crippen LogP contribution in [0.15, 0.2) is 14.3 Å². The summed E-state index contributed by atoms with van der Waals surface area (Å²) >= 11 is 8.43. The molecule has 6 heteroatoms. The molecule has 0 atom stereocenters. The average molecular weight is 436 g/mol. The van der Waals surface area contributed by atoms with Gasteiger partial charge in [-0.2, -0.15) is 0 Å². The van der Waals surface area contributed by atoms with Gasteiger partial charge in [-0.05, 0) is 82.6 Å². The molecule has 0 unspecified atom stereocenters. The predicted octanol–water partition coefficient (Wildman–Crippen LogP) is 4.22. The van der Waals surface area contributed by atoms with Crippen molar-refractivity contribution in [3.05, 3.63) is 19.2 Å². The Morgan fingerprint density at radius 1 is 1.19 bits per heavy atom. The van der Waals surface area contributed by atoms with Crippen LogP contribution in [-0.2, 0) is 0 Å². The van der Waals surface area contributed by atoms with Gasteiger partial charge >= 0.3 is 0 Å². The van der Waals surface area contributed by atoms with Crippen LogP contribution in [0.1, 0.15) is 35.4 Å². The van der Waals surface area contributed by atoms with Gasteiger partial charge in [0.2, 0.25) is 0 Å². The molecule has 116 valence electrons. The molecule has 3 heterocycles. The van der Waals surface area contributed by atoms with Crippen molar-refractivity contribution in [1.29, 1.82) is 0 Å². The van der Waals surface area contributed by atoms with Gasteiger partial charge in [-0.25, -0.2) is 0 Å². The minimum atomic E-state index is 0.186. The van der Waals surface area contributed by atoms with Gasteiger partial charge in [0.05, 0.1) is 8.66 Å². The molecule has 2 saturated heterocycles. The quantitative estimate of drug-likeness (QED) is 0.709. The number of carbonyl (C=O) groups is 1. The maximum absolute atomic E-state index is 12.5. The number of piperidine rings is 1. The van der Waals surface area contributed by atoms with Crippen LogP contribution < -0.4 is 0 Å². The van der Waals surface area contributed by atoms with Gasteiger partial charge < -0.3 is 9.80 Å². The fraction of sp³-hybridized carbons (Fsp3) is 0.667. The minimum absolute atomic E-state index is 0.186. The molecule has 21 heavy (non-hydrogen) atoms. The van der Waals surface area contributed by atoms with Crippen molar-refractivity contribution in [2.75, 3.05) is 32.7 Å². The fourth-order valence-corrected chi connectivity index (χ4v) is 5.26. The maximum Gasteiger partial charge on any atom is 0.264 e. The molecular formula is C15H20Br2N2OS. The van der Waals surface area contributed by atoms with Crippen LogP contribution in [0, 0.1) is 5.92 Å². The summed E-state index contributed by atoms with van der Waals surface area (Å²) in [6.45, 7) is 5.60.